The van der Waals surface area contributed by atoms with Gasteiger partial charge in [-0.1, -0.05) is 19.8 Å². The second-order valence-electron chi connectivity index (χ2n) is 5.74. The summed E-state index contributed by atoms with van der Waals surface area (Å²) in [6.45, 7) is 3.12. The minimum absolute atomic E-state index is 0.301. The highest BCUT2D eigenvalue weighted by molar-refractivity contribution is 5.94. The highest BCUT2D eigenvalue weighted by Gasteiger charge is 2.19. The second kappa shape index (κ2) is 6.64. The van der Waals surface area contributed by atoms with Crippen molar-refractivity contribution >= 4 is 11.7 Å². The topological polar surface area (TPSA) is 58.6 Å². The number of methoxy groups -OCH3 is 1. The zero-order valence-electron chi connectivity index (χ0n) is 12.2. The van der Waals surface area contributed by atoms with Crippen LogP contribution >= 0.6 is 0 Å². The Bertz CT molecular complexity index is 473. The normalized spacial score (nSPS) is 22.3. The fourth-order valence-electron chi connectivity index (χ4n) is 2.98. The first-order valence-electron chi connectivity index (χ1n) is 7.25. The van der Waals surface area contributed by atoms with Gasteiger partial charge in [-0.25, -0.2) is 4.79 Å². The largest absolute Gasteiger partial charge is 0.497 e. The molecule has 20 heavy (non-hydrogen) atoms. The fraction of sp³-hybridized carbons (Fsp3) is 0.562. The molecule has 4 nitrogen and oxygen atoms in total. The van der Waals surface area contributed by atoms with Gasteiger partial charge in [-0.05, 0) is 36.8 Å². The average molecular weight is 277 g/mol. The Labute approximate surface area is 120 Å². The van der Waals surface area contributed by atoms with E-state index in [2.05, 4.69) is 12.2 Å². The minimum atomic E-state index is -0.910. The van der Waals surface area contributed by atoms with Crippen LogP contribution in [-0.4, -0.2) is 24.7 Å². The molecule has 110 valence electrons. The summed E-state index contributed by atoms with van der Waals surface area (Å²) in [5.41, 5.74) is 0.949. The number of rotatable bonds is 5. The van der Waals surface area contributed by atoms with Crippen LogP contribution in [0.4, 0.5) is 5.69 Å². The molecule has 0 bridgehead atoms. The summed E-state index contributed by atoms with van der Waals surface area (Å²) in [6.07, 6.45) is 5.04. The number of nitrogens with one attached hydrogen (secondary N) is 1. The summed E-state index contributed by atoms with van der Waals surface area (Å²) < 4.78 is 5.17. The van der Waals surface area contributed by atoms with E-state index in [1.54, 1.807) is 25.3 Å². The van der Waals surface area contributed by atoms with Gasteiger partial charge in [-0.15, -0.1) is 0 Å². The lowest BCUT2D eigenvalue weighted by Crippen LogP contribution is -2.21. The number of hydrogen-bond acceptors (Lipinski definition) is 3. The third-order valence-corrected chi connectivity index (χ3v) is 4.08. The molecule has 1 fully saturated rings. The molecule has 1 aromatic rings. The number of anilines is 1. The maximum atomic E-state index is 11.2. The maximum absolute atomic E-state index is 11.2. The third kappa shape index (κ3) is 3.65. The summed E-state index contributed by atoms with van der Waals surface area (Å²) in [4.78, 5) is 11.2. The van der Waals surface area contributed by atoms with Gasteiger partial charge in [0.05, 0.1) is 18.4 Å². The smallest absolute Gasteiger partial charge is 0.337 e. The van der Waals surface area contributed by atoms with E-state index in [1.807, 2.05) is 0 Å². The lowest BCUT2D eigenvalue weighted by atomic mass is 9.82. The van der Waals surface area contributed by atoms with Crippen molar-refractivity contribution in [3.8, 4) is 5.75 Å². The molecule has 0 saturated heterocycles. The van der Waals surface area contributed by atoms with Gasteiger partial charge in [0.25, 0.3) is 0 Å². The van der Waals surface area contributed by atoms with Crippen molar-refractivity contribution in [2.24, 2.45) is 11.8 Å². The van der Waals surface area contributed by atoms with Crippen LogP contribution in [-0.2, 0) is 0 Å². The van der Waals surface area contributed by atoms with Gasteiger partial charge in [0.15, 0.2) is 0 Å². The summed E-state index contributed by atoms with van der Waals surface area (Å²) in [7, 11) is 1.59. The Morgan fingerprint density at radius 1 is 1.45 bits per heavy atom. The van der Waals surface area contributed by atoms with Crippen LogP contribution in [0.25, 0.3) is 0 Å². The van der Waals surface area contributed by atoms with Crippen LogP contribution in [0.5, 0.6) is 5.75 Å². The predicted octanol–water partition coefficient (Wildman–Crippen LogP) is 3.63. The Morgan fingerprint density at radius 3 is 2.90 bits per heavy atom. The maximum Gasteiger partial charge on any atom is 0.337 e. The third-order valence-electron chi connectivity index (χ3n) is 4.08. The molecule has 1 aliphatic carbocycles. The average Bonchev–Trinajstić information content (AvgIpc) is 2.44. The van der Waals surface area contributed by atoms with E-state index in [1.165, 1.54) is 25.7 Å². The Kier molecular flexibility index (Phi) is 4.88. The summed E-state index contributed by atoms with van der Waals surface area (Å²) in [5.74, 6) is 1.17. The van der Waals surface area contributed by atoms with Gasteiger partial charge in [-0.2, -0.15) is 0 Å². The van der Waals surface area contributed by atoms with Gasteiger partial charge < -0.3 is 15.2 Å². The first-order chi connectivity index (χ1) is 9.60. The van der Waals surface area contributed by atoms with E-state index in [0.29, 0.717) is 22.9 Å². The molecule has 2 unspecified atom stereocenters. The van der Waals surface area contributed by atoms with E-state index in [4.69, 9.17) is 4.74 Å². The zero-order chi connectivity index (χ0) is 14.5. The number of aromatic carboxylic acids is 1. The highest BCUT2D eigenvalue weighted by Crippen LogP contribution is 2.29. The number of carboxylic acid groups (broad SMARTS) is 1. The monoisotopic (exact) mass is 277 g/mol. The van der Waals surface area contributed by atoms with Gasteiger partial charge in [0.1, 0.15) is 5.75 Å². The van der Waals surface area contributed by atoms with Crippen molar-refractivity contribution in [3.05, 3.63) is 23.8 Å². The van der Waals surface area contributed by atoms with Crippen molar-refractivity contribution < 1.29 is 14.6 Å². The molecule has 4 heteroatoms. The van der Waals surface area contributed by atoms with Crippen molar-refractivity contribution in [2.45, 2.75) is 32.6 Å². The molecule has 1 saturated carbocycles. The molecule has 2 N–H and O–H groups in total. The predicted molar refractivity (Wildman–Crippen MR) is 79.6 cm³/mol. The van der Waals surface area contributed by atoms with Crippen molar-refractivity contribution in [1.82, 2.24) is 0 Å². The highest BCUT2D eigenvalue weighted by atomic mass is 16.5. The van der Waals surface area contributed by atoms with Gasteiger partial charge in [0.2, 0.25) is 0 Å². The van der Waals surface area contributed by atoms with E-state index in [0.717, 1.165) is 12.5 Å². The SMILES string of the molecule is COc1ccc(C(=O)O)c(NCC2CCCC(C)C2)c1. The second-order valence-corrected chi connectivity index (χ2v) is 5.74. The molecule has 0 aliphatic heterocycles. The van der Waals surface area contributed by atoms with Crippen LogP contribution < -0.4 is 10.1 Å². The quantitative estimate of drug-likeness (QED) is 0.862. The van der Waals surface area contributed by atoms with Crippen LogP contribution in [0.1, 0.15) is 43.0 Å². The summed E-state index contributed by atoms with van der Waals surface area (Å²) in [6, 6.07) is 5.03. The standard InChI is InChI=1S/C16H23NO3/c1-11-4-3-5-12(8-11)10-17-15-9-13(20-2)6-7-14(15)16(18)19/h6-7,9,11-12,17H,3-5,8,10H2,1-2H3,(H,18,19). The number of ether oxygens (including phenoxy) is 1. The van der Waals surface area contributed by atoms with Crippen molar-refractivity contribution in [1.29, 1.82) is 0 Å². The molecule has 0 heterocycles. The zero-order valence-corrected chi connectivity index (χ0v) is 12.2. The lowest BCUT2D eigenvalue weighted by molar-refractivity contribution is 0.0698. The molecule has 1 aromatic carbocycles. The number of carbonyl (C=O) groups is 1. The molecule has 2 rings (SSSR count). The van der Waals surface area contributed by atoms with E-state index in [9.17, 15) is 9.90 Å². The van der Waals surface area contributed by atoms with E-state index in [-0.39, 0.29) is 0 Å². The van der Waals surface area contributed by atoms with Crippen LogP contribution in [0.15, 0.2) is 18.2 Å². The number of carboxylic acids is 1. The number of benzene rings is 1. The van der Waals surface area contributed by atoms with Gasteiger partial charge in [0, 0.05) is 12.6 Å². The minimum Gasteiger partial charge on any atom is -0.497 e. The lowest BCUT2D eigenvalue weighted by Gasteiger charge is -2.27. The molecule has 1 aliphatic rings. The van der Waals surface area contributed by atoms with Crippen LogP contribution in [0.3, 0.4) is 0 Å². The summed E-state index contributed by atoms with van der Waals surface area (Å²) in [5, 5.41) is 12.5. The molecule has 0 aromatic heterocycles. The van der Waals surface area contributed by atoms with Gasteiger partial charge >= 0.3 is 5.97 Å². The first-order valence-corrected chi connectivity index (χ1v) is 7.25. The van der Waals surface area contributed by atoms with Crippen molar-refractivity contribution in [3.63, 3.8) is 0 Å². The van der Waals surface area contributed by atoms with E-state index < -0.39 is 5.97 Å². The van der Waals surface area contributed by atoms with E-state index >= 15 is 0 Å². The molecular formula is C16H23NO3. The van der Waals surface area contributed by atoms with Gasteiger partial charge in [-0.3, -0.25) is 0 Å². The van der Waals surface area contributed by atoms with Crippen LogP contribution in [0.2, 0.25) is 0 Å². The molecule has 0 radical (unpaired) electrons. The first kappa shape index (κ1) is 14.7. The Hall–Kier alpha value is -1.71. The van der Waals surface area contributed by atoms with Crippen LogP contribution in [0, 0.1) is 11.8 Å². The Morgan fingerprint density at radius 2 is 2.25 bits per heavy atom. The Balaban J connectivity index is 2.05. The molecule has 2 atom stereocenters. The molecule has 0 spiro atoms. The number of hydrogen-bond donors (Lipinski definition) is 2. The molecule has 0 amide bonds. The van der Waals surface area contributed by atoms with Crippen molar-refractivity contribution in [2.75, 3.05) is 19.0 Å². The fourth-order valence-corrected chi connectivity index (χ4v) is 2.98. The summed E-state index contributed by atoms with van der Waals surface area (Å²) >= 11 is 0. The molecular weight excluding hydrogens is 254 g/mol.